The number of hydrogen-bond acceptors (Lipinski definition) is 1. The topological polar surface area (TPSA) is 18.1 Å². The third-order valence-electron chi connectivity index (χ3n) is 3.18. The minimum absolute atomic E-state index is 0.918. The monoisotopic (exact) mass is 303 g/mol. The van der Waals surface area contributed by atoms with Gasteiger partial charge in [-0.3, -0.25) is 0 Å². The lowest BCUT2D eigenvalue weighted by atomic mass is 10.2. The summed E-state index contributed by atoms with van der Waals surface area (Å²) < 4.78 is 9.15. The first-order valence-electron chi connectivity index (χ1n) is 6.02. The molecule has 0 saturated carbocycles. The van der Waals surface area contributed by atoms with Gasteiger partial charge >= 0.3 is 0 Å². The molecule has 2 nitrogen and oxygen atoms in total. The Bertz CT molecular complexity index is 681. The van der Waals surface area contributed by atoms with Crippen molar-refractivity contribution in [3.05, 3.63) is 58.5 Å². The fourth-order valence-corrected chi connectivity index (χ4v) is 2.55. The Balaban J connectivity index is 1.81. The molecule has 0 amide bonds. The van der Waals surface area contributed by atoms with Crippen LogP contribution in [0.3, 0.4) is 0 Å². The maximum absolute atomic E-state index is 5.83. The van der Waals surface area contributed by atoms with Gasteiger partial charge in [-0.1, -0.05) is 15.9 Å². The van der Waals surface area contributed by atoms with Crippen molar-refractivity contribution in [1.82, 2.24) is 4.57 Å². The standard InChI is InChI=1S/C15H14BrNO/c1-11-3-2-7-17(11)8-6-14-10-12-9-13(16)4-5-15(12)18-14/h2-5,7,9-10H,6,8H2,1H3. The van der Waals surface area contributed by atoms with Crippen LogP contribution in [0.15, 0.2) is 51.5 Å². The van der Waals surface area contributed by atoms with Gasteiger partial charge in [-0.15, -0.1) is 0 Å². The third kappa shape index (κ3) is 2.23. The van der Waals surface area contributed by atoms with Gasteiger partial charge < -0.3 is 8.98 Å². The lowest BCUT2D eigenvalue weighted by Crippen LogP contribution is -2.00. The molecule has 1 aromatic carbocycles. The van der Waals surface area contributed by atoms with E-state index < -0.39 is 0 Å². The normalized spacial score (nSPS) is 11.2. The van der Waals surface area contributed by atoms with Crippen LogP contribution in [0.25, 0.3) is 11.0 Å². The largest absolute Gasteiger partial charge is 0.461 e. The molecule has 0 radical (unpaired) electrons. The summed E-state index contributed by atoms with van der Waals surface area (Å²) in [5, 5.41) is 1.16. The van der Waals surface area contributed by atoms with Gasteiger partial charge in [0.2, 0.25) is 0 Å². The summed E-state index contributed by atoms with van der Waals surface area (Å²) in [7, 11) is 0. The highest BCUT2D eigenvalue weighted by molar-refractivity contribution is 9.10. The number of furan rings is 1. The molecular formula is C15H14BrNO. The first-order valence-corrected chi connectivity index (χ1v) is 6.81. The minimum atomic E-state index is 0.918. The van der Waals surface area contributed by atoms with Crippen LogP contribution in [0.1, 0.15) is 11.5 Å². The summed E-state index contributed by atoms with van der Waals surface area (Å²) in [5.41, 5.74) is 2.24. The van der Waals surface area contributed by atoms with E-state index in [2.05, 4.69) is 57.9 Å². The molecule has 0 aliphatic heterocycles. The fraction of sp³-hybridized carbons (Fsp3) is 0.200. The lowest BCUT2D eigenvalue weighted by Gasteiger charge is -2.03. The number of fused-ring (bicyclic) bond motifs is 1. The number of hydrogen-bond donors (Lipinski definition) is 0. The molecule has 0 unspecified atom stereocenters. The summed E-state index contributed by atoms with van der Waals surface area (Å²) in [6.45, 7) is 3.08. The molecule has 0 saturated heterocycles. The quantitative estimate of drug-likeness (QED) is 0.694. The Labute approximate surface area is 114 Å². The second kappa shape index (κ2) is 4.65. The molecule has 0 aliphatic carbocycles. The molecule has 0 bridgehead atoms. The number of rotatable bonds is 3. The summed E-state index contributed by atoms with van der Waals surface area (Å²) in [6, 6.07) is 12.4. The van der Waals surface area contributed by atoms with Crippen molar-refractivity contribution in [2.75, 3.05) is 0 Å². The average Bonchev–Trinajstić information content (AvgIpc) is 2.92. The average molecular weight is 304 g/mol. The van der Waals surface area contributed by atoms with Crippen LogP contribution in [0.2, 0.25) is 0 Å². The number of nitrogens with zero attached hydrogens (tertiary/aromatic N) is 1. The molecule has 0 spiro atoms. The van der Waals surface area contributed by atoms with Gasteiger partial charge in [-0.25, -0.2) is 0 Å². The Morgan fingerprint density at radius 1 is 1.22 bits per heavy atom. The van der Waals surface area contributed by atoms with Gasteiger partial charge in [-0.05, 0) is 43.3 Å². The number of aromatic nitrogens is 1. The van der Waals surface area contributed by atoms with Crippen LogP contribution in [0.4, 0.5) is 0 Å². The second-order valence-corrected chi connectivity index (χ2v) is 5.40. The Kier molecular flexibility index (Phi) is 3.00. The minimum Gasteiger partial charge on any atom is -0.461 e. The van der Waals surface area contributed by atoms with E-state index in [9.17, 15) is 0 Å². The van der Waals surface area contributed by atoms with Crippen LogP contribution < -0.4 is 0 Å². The van der Waals surface area contributed by atoms with E-state index in [1.165, 1.54) is 5.69 Å². The predicted octanol–water partition coefficient (Wildman–Crippen LogP) is 4.55. The second-order valence-electron chi connectivity index (χ2n) is 4.49. The predicted molar refractivity (Wildman–Crippen MR) is 76.8 cm³/mol. The molecule has 3 heteroatoms. The zero-order valence-corrected chi connectivity index (χ0v) is 11.8. The van der Waals surface area contributed by atoms with Crippen LogP contribution in [0, 0.1) is 6.92 Å². The summed E-state index contributed by atoms with van der Waals surface area (Å²) >= 11 is 3.48. The van der Waals surface area contributed by atoms with E-state index in [-0.39, 0.29) is 0 Å². The van der Waals surface area contributed by atoms with Gasteiger partial charge in [0.05, 0.1) is 0 Å². The van der Waals surface area contributed by atoms with Gasteiger partial charge in [0.25, 0.3) is 0 Å². The SMILES string of the molecule is Cc1cccn1CCc1cc2cc(Br)ccc2o1. The van der Waals surface area contributed by atoms with Gasteiger partial charge in [0.1, 0.15) is 11.3 Å². The van der Waals surface area contributed by atoms with Crippen LogP contribution in [-0.4, -0.2) is 4.57 Å². The number of benzene rings is 1. The molecule has 0 aliphatic rings. The Morgan fingerprint density at radius 2 is 2.11 bits per heavy atom. The highest BCUT2D eigenvalue weighted by Gasteiger charge is 2.05. The smallest absolute Gasteiger partial charge is 0.134 e. The van der Waals surface area contributed by atoms with E-state index in [0.29, 0.717) is 0 Å². The van der Waals surface area contributed by atoms with E-state index in [4.69, 9.17) is 4.42 Å². The van der Waals surface area contributed by atoms with Gasteiger partial charge in [-0.2, -0.15) is 0 Å². The fourth-order valence-electron chi connectivity index (χ4n) is 2.17. The van der Waals surface area contributed by atoms with Crippen LogP contribution >= 0.6 is 15.9 Å². The molecule has 0 atom stereocenters. The van der Waals surface area contributed by atoms with Crippen LogP contribution in [0.5, 0.6) is 0 Å². The summed E-state index contributed by atoms with van der Waals surface area (Å²) in [4.78, 5) is 0. The molecule has 2 heterocycles. The highest BCUT2D eigenvalue weighted by Crippen LogP contribution is 2.23. The lowest BCUT2D eigenvalue weighted by molar-refractivity contribution is 0.521. The molecule has 2 aromatic heterocycles. The zero-order chi connectivity index (χ0) is 12.5. The third-order valence-corrected chi connectivity index (χ3v) is 3.68. The maximum atomic E-state index is 5.83. The van der Waals surface area contributed by atoms with Crippen molar-refractivity contribution in [3.63, 3.8) is 0 Å². The molecule has 3 rings (SSSR count). The molecule has 18 heavy (non-hydrogen) atoms. The number of halogens is 1. The van der Waals surface area contributed by atoms with E-state index in [1.54, 1.807) is 0 Å². The molecule has 3 aromatic rings. The van der Waals surface area contributed by atoms with Crippen molar-refractivity contribution in [3.8, 4) is 0 Å². The highest BCUT2D eigenvalue weighted by atomic mass is 79.9. The van der Waals surface area contributed by atoms with Crippen LogP contribution in [-0.2, 0) is 13.0 Å². The Morgan fingerprint density at radius 3 is 2.89 bits per heavy atom. The Hall–Kier alpha value is -1.48. The first kappa shape index (κ1) is 11.6. The summed E-state index contributed by atoms with van der Waals surface area (Å²) in [6.07, 6.45) is 3.02. The van der Waals surface area contributed by atoms with Crippen molar-refractivity contribution in [1.29, 1.82) is 0 Å². The van der Waals surface area contributed by atoms with E-state index >= 15 is 0 Å². The zero-order valence-electron chi connectivity index (χ0n) is 10.2. The van der Waals surface area contributed by atoms with Crippen molar-refractivity contribution in [2.24, 2.45) is 0 Å². The van der Waals surface area contributed by atoms with Crippen molar-refractivity contribution >= 4 is 26.9 Å². The van der Waals surface area contributed by atoms with Gasteiger partial charge in [0, 0.05) is 34.7 Å². The maximum Gasteiger partial charge on any atom is 0.134 e. The number of aryl methyl sites for hydroxylation is 3. The first-order chi connectivity index (χ1) is 8.72. The summed E-state index contributed by atoms with van der Waals surface area (Å²) in [5.74, 6) is 1.04. The van der Waals surface area contributed by atoms with E-state index in [1.807, 2.05) is 12.1 Å². The van der Waals surface area contributed by atoms with Crippen molar-refractivity contribution < 1.29 is 4.42 Å². The molecule has 0 N–H and O–H groups in total. The molecule has 92 valence electrons. The molecule has 0 fully saturated rings. The van der Waals surface area contributed by atoms with Gasteiger partial charge in [0.15, 0.2) is 0 Å². The van der Waals surface area contributed by atoms with Crippen molar-refractivity contribution in [2.45, 2.75) is 19.9 Å². The molecular weight excluding hydrogens is 290 g/mol. The van der Waals surface area contributed by atoms with E-state index in [0.717, 1.165) is 34.2 Å².